The van der Waals surface area contributed by atoms with Crippen molar-refractivity contribution >= 4 is 0 Å². The summed E-state index contributed by atoms with van der Waals surface area (Å²) < 4.78 is 0. The van der Waals surface area contributed by atoms with Crippen LogP contribution in [0.15, 0.2) is 0 Å². The highest BCUT2D eigenvalue weighted by Crippen LogP contribution is 2.28. The summed E-state index contributed by atoms with van der Waals surface area (Å²) in [7, 11) is 4.26. The second-order valence-corrected chi connectivity index (χ2v) is 5.69. The van der Waals surface area contributed by atoms with Crippen molar-refractivity contribution in [2.45, 2.75) is 45.1 Å². The molecule has 2 unspecified atom stereocenters. The van der Waals surface area contributed by atoms with Gasteiger partial charge in [0.2, 0.25) is 0 Å². The number of aliphatic hydroxyl groups excluding tert-OH is 1. The third-order valence-electron chi connectivity index (χ3n) is 3.84. The third kappa shape index (κ3) is 5.84. The summed E-state index contributed by atoms with van der Waals surface area (Å²) >= 11 is 0. The molecule has 3 nitrogen and oxygen atoms in total. The Kier molecular flexibility index (Phi) is 7.09. The van der Waals surface area contributed by atoms with Crippen molar-refractivity contribution in [2.75, 3.05) is 40.3 Å². The number of nitrogens with zero attached hydrogens (tertiary/aromatic N) is 2. The van der Waals surface area contributed by atoms with Gasteiger partial charge in [-0.1, -0.05) is 13.3 Å². The van der Waals surface area contributed by atoms with Crippen LogP contribution in [-0.4, -0.2) is 61.3 Å². The summed E-state index contributed by atoms with van der Waals surface area (Å²) in [4.78, 5) is 4.79. The molecule has 3 heteroatoms. The molecule has 0 amide bonds. The maximum atomic E-state index is 9.82. The molecule has 0 heterocycles. The molecular formula is C14H30N2O. The van der Waals surface area contributed by atoms with Crippen molar-refractivity contribution in [3.8, 4) is 0 Å². The Bertz CT molecular complexity index is 197. The van der Waals surface area contributed by atoms with E-state index in [9.17, 15) is 5.11 Å². The molecule has 0 bridgehead atoms. The van der Waals surface area contributed by atoms with Gasteiger partial charge < -0.3 is 14.9 Å². The van der Waals surface area contributed by atoms with Crippen molar-refractivity contribution < 1.29 is 5.11 Å². The van der Waals surface area contributed by atoms with Gasteiger partial charge in [-0.15, -0.1) is 0 Å². The van der Waals surface area contributed by atoms with Gasteiger partial charge >= 0.3 is 0 Å². The first-order valence-electron chi connectivity index (χ1n) is 7.18. The van der Waals surface area contributed by atoms with E-state index in [1.54, 1.807) is 0 Å². The van der Waals surface area contributed by atoms with Crippen LogP contribution in [0.1, 0.15) is 39.0 Å². The lowest BCUT2D eigenvalue weighted by Gasteiger charge is -2.25. The summed E-state index contributed by atoms with van der Waals surface area (Å²) in [6, 6.07) is 0. The first kappa shape index (κ1) is 14.9. The van der Waals surface area contributed by atoms with Gasteiger partial charge in [-0.05, 0) is 58.8 Å². The fraction of sp³-hybridized carbons (Fsp3) is 1.00. The zero-order valence-corrected chi connectivity index (χ0v) is 11.9. The smallest absolute Gasteiger partial charge is 0.0568 e. The van der Waals surface area contributed by atoms with Gasteiger partial charge in [-0.3, -0.25) is 0 Å². The molecule has 1 aliphatic carbocycles. The molecule has 0 aromatic carbocycles. The molecule has 102 valence electrons. The van der Waals surface area contributed by atoms with Gasteiger partial charge in [-0.25, -0.2) is 0 Å². The molecule has 1 aliphatic rings. The van der Waals surface area contributed by atoms with Crippen LogP contribution in [0.25, 0.3) is 0 Å². The van der Waals surface area contributed by atoms with Gasteiger partial charge in [0.25, 0.3) is 0 Å². The highest BCUT2D eigenvalue weighted by molar-refractivity contribution is 4.77. The summed E-state index contributed by atoms with van der Waals surface area (Å²) in [5, 5.41) is 9.82. The molecular weight excluding hydrogens is 212 g/mol. The zero-order valence-electron chi connectivity index (χ0n) is 11.9. The monoisotopic (exact) mass is 242 g/mol. The highest BCUT2D eigenvalue weighted by Gasteiger charge is 2.25. The lowest BCUT2D eigenvalue weighted by atomic mass is 10.0. The normalized spacial score (nSPS) is 25.1. The van der Waals surface area contributed by atoms with E-state index >= 15 is 0 Å². The van der Waals surface area contributed by atoms with Crippen LogP contribution in [0.2, 0.25) is 0 Å². The van der Waals surface area contributed by atoms with Gasteiger partial charge in [-0.2, -0.15) is 0 Å². The largest absolute Gasteiger partial charge is 0.393 e. The molecule has 2 atom stereocenters. The Morgan fingerprint density at radius 3 is 2.35 bits per heavy atom. The minimum Gasteiger partial charge on any atom is -0.393 e. The number of hydrogen-bond donors (Lipinski definition) is 1. The highest BCUT2D eigenvalue weighted by atomic mass is 16.3. The minimum absolute atomic E-state index is 0.0210. The second kappa shape index (κ2) is 8.06. The molecule has 0 saturated heterocycles. The quantitative estimate of drug-likeness (QED) is 0.703. The molecule has 17 heavy (non-hydrogen) atoms. The second-order valence-electron chi connectivity index (χ2n) is 5.69. The van der Waals surface area contributed by atoms with Crippen LogP contribution in [0.5, 0.6) is 0 Å². The maximum Gasteiger partial charge on any atom is 0.0568 e. The van der Waals surface area contributed by atoms with E-state index in [1.807, 2.05) is 0 Å². The van der Waals surface area contributed by atoms with Crippen molar-refractivity contribution in [1.82, 2.24) is 9.80 Å². The average Bonchev–Trinajstić information content (AvgIpc) is 2.68. The zero-order chi connectivity index (χ0) is 12.7. The number of aliphatic hydroxyl groups is 1. The van der Waals surface area contributed by atoms with E-state index in [4.69, 9.17) is 0 Å². The molecule has 1 saturated carbocycles. The van der Waals surface area contributed by atoms with Crippen LogP contribution >= 0.6 is 0 Å². The van der Waals surface area contributed by atoms with E-state index in [2.05, 4.69) is 30.8 Å². The SMILES string of the molecule is CCCN(CCC1CCCC1O)CCN(C)C. The number of rotatable bonds is 8. The van der Waals surface area contributed by atoms with E-state index in [-0.39, 0.29) is 6.10 Å². The lowest BCUT2D eigenvalue weighted by Crippen LogP contribution is -2.34. The lowest BCUT2D eigenvalue weighted by molar-refractivity contribution is 0.116. The molecule has 0 aliphatic heterocycles. The Morgan fingerprint density at radius 2 is 1.82 bits per heavy atom. The molecule has 1 N–H and O–H groups in total. The molecule has 1 rings (SSSR count). The number of likely N-dealkylation sites (N-methyl/N-ethyl adjacent to an activating group) is 1. The maximum absolute atomic E-state index is 9.82. The fourth-order valence-electron chi connectivity index (χ4n) is 2.70. The Labute approximate surface area is 107 Å². The van der Waals surface area contributed by atoms with Crippen LogP contribution < -0.4 is 0 Å². The Balaban J connectivity index is 2.23. The van der Waals surface area contributed by atoms with Crippen LogP contribution in [0.3, 0.4) is 0 Å². The average molecular weight is 242 g/mol. The van der Waals surface area contributed by atoms with Gasteiger partial charge in [0.15, 0.2) is 0 Å². The third-order valence-corrected chi connectivity index (χ3v) is 3.84. The van der Waals surface area contributed by atoms with Crippen molar-refractivity contribution in [3.63, 3.8) is 0 Å². The van der Waals surface area contributed by atoms with Crippen molar-refractivity contribution in [3.05, 3.63) is 0 Å². The van der Waals surface area contributed by atoms with E-state index in [0.29, 0.717) is 5.92 Å². The van der Waals surface area contributed by atoms with Crippen LogP contribution in [0.4, 0.5) is 0 Å². The predicted octanol–water partition coefficient (Wildman–Crippen LogP) is 1.81. The summed E-state index contributed by atoms with van der Waals surface area (Å²) in [6.45, 7) is 6.88. The minimum atomic E-state index is -0.0210. The topological polar surface area (TPSA) is 26.7 Å². The molecule has 0 aromatic heterocycles. The predicted molar refractivity (Wildman–Crippen MR) is 73.2 cm³/mol. The van der Waals surface area contributed by atoms with E-state index in [0.717, 1.165) is 26.1 Å². The summed E-state index contributed by atoms with van der Waals surface area (Å²) in [5.74, 6) is 0.564. The van der Waals surface area contributed by atoms with Gasteiger partial charge in [0, 0.05) is 13.1 Å². The summed E-state index contributed by atoms with van der Waals surface area (Å²) in [6.07, 6.45) is 5.85. The first-order chi connectivity index (χ1) is 8.13. The van der Waals surface area contributed by atoms with Gasteiger partial charge in [0.05, 0.1) is 6.10 Å². The molecule has 0 radical (unpaired) electrons. The van der Waals surface area contributed by atoms with E-state index < -0.39 is 0 Å². The Hall–Kier alpha value is -0.120. The fourth-order valence-corrected chi connectivity index (χ4v) is 2.70. The molecule has 0 aromatic rings. The Morgan fingerprint density at radius 1 is 1.06 bits per heavy atom. The first-order valence-corrected chi connectivity index (χ1v) is 7.18. The standard InChI is InChI=1S/C14H30N2O/c1-4-9-16(12-11-15(2)3)10-8-13-6-5-7-14(13)17/h13-14,17H,4-12H2,1-3H3. The van der Waals surface area contributed by atoms with Gasteiger partial charge in [0.1, 0.15) is 0 Å². The molecule has 1 fully saturated rings. The van der Waals surface area contributed by atoms with Crippen molar-refractivity contribution in [2.24, 2.45) is 5.92 Å². The van der Waals surface area contributed by atoms with E-state index in [1.165, 1.54) is 32.2 Å². The summed E-state index contributed by atoms with van der Waals surface area (Å²) in [5.41, 5.74) is 0. The van der Waals surface area contributed by atoms with Crippen molar-refractivity contribution in [1.29, 1.82) is 0 Å². The molecule has 0 spiro atoms. The van der Waals surface area contributed by atoms with Crippen LogP contribution in [0, 0.1) is 5.92 Å². The van der Waals surface area contributed by atoms with Crippen LogP contribution in [-0.2, 0) is 0 Å². The number of hydrogen-bond acceptors (Lipinski definition) is 3.